The zero-order valence-electron chi connectivity index (χ0n) is 33.9. The van der Waals surface area contributed by atoms with Gasteiger partial charge < -0.3 is 13.8 Å². The Morgan fingerprint density at radius 1 is 0.542 bits per heavy atom. The maximum Gasteiger partial charge on any atom is 0.336 e. The highest BCUT2D eigenvalue weighted by molar-refractivity contribution is 6.91. The molecule has 10 aromatic rings. The van der Waals surface area contributed by atoms with Crippen molar-refractivity contribution < 1.29 is 4.42 Å². The van der Waals surface area contributed by atoms with Gasteiger partial charge in [-0.25, -0.2) is 0 Å². The molecule has 0 amide bonds. The van der Waals surface area contributed by atoms with E-state index >= 15 is 0 Å². The summed E-state index contributed by atoms with van der Waals surface area (Å²) in [5.41, 5.74) is 20.9. The molecule has 1 aliphatic carbocycles. The zero-order chi connectivity index (χ0) is 39.5. The SMILES string of the molecule is CC(C)(C)c1ccc(N2c3ccc4c(c3B3c5c2cc2ccccc2c5-c2cccc5c6c7ccccc7oc6n3c25)-c2ccccc2C4(C)C)c(-c2ccccc2)c1. The van der Waals surface area contributed by atoms with Crippen molar-refractivity contribution in [3.63, 3.8) is 0 Å². The van der Waals surface area contributed by atoms with Crippen LogP contribution in [0.5, 0.6) is 0 Å². The average Bonchev–Trinajstić information content (AvgIpc) is 3.87. The van der Waals surface area contributed by atoms with Crippen LogP contribution in [0.3, 0.4) is 0 Å². The number of aromatic nitrogens is 1. The number of furan rings is 1. The molecule has 0 saturated carbocycles. The molecule has 4 heteroatoms. The monoisotopic (exact) mass is 756 g/mol. The van der Waals surface area contributed by atoms with Crippen LogP contribution in [0, 0.1) is 0 Å². The number of anilines is 3. The minimum Gasteiger partial charge on any atom is -0.441 e. The third kappa shape index (κ3) is 4.18. The van der Waals surface area contributed by atoms with E-state index in [0.29, 0.717) is 0 Å². The fourth-order valence-electron chi connectivity index (χ4n) is 11.2. The first-order valence-corrected chi connectivity index (χ1v) is 21.0. The van der Waals surface area contributed by atoms with E-state index in [9.17, 15) is 0 Å². The van der Waals surface area contributed by atoms with E-state index in [2.05, 4.69) is 202 Å². The van der Waals surface area contributed by atoms with Gasteiger partial charge in [-0.05, 0) is 96.4 Å². The molecule has 4 heterocycles. The van der Waals surface area contributed by atoms with Gasteiger partial charge in [0.2, 0.25) is 0 Å². The van der Waals surface area contributed by atoms with E-state index in [0.717, 1.165) is 16.7 Å². The highest BCUT2D eigenvalue weighted by Gasteiger charge is 2.49. The third-order valence-electron chi connectivity index (χ3n) is 13.9. The van der Waals surface area contributed by atoms with Crippen LogP contribution in [0.2, 0.25) is 0 Å². The van der Waals surface area contributed by atoms with Crippen molar-refractivity contribution in [1.29, 1.82) is 0 Å². The molecule has 0 saturated heterocycles. The minimum atomic E-state index is -0.172. The lowest BCUT2D eigenvalue weighted by Gasteiger charge is -2.42. The zero-order valence-corrected chi connectivity index (χ0v) is 33.9. The van der Waals surface area contributed by atoms with Crippen molar-refractivity contribution in [2.75, 3.05) is 4.90 Å². The summed E-state index contributed by atoms with van der Waals surface area (Å²) >= 11 is 0. The van der Waals surface area contributed by atoms with Crippen LogP contribution in [0.15, 0.2) is 162 Å². The summed E-state index contributed by atoms with van der Waals surface area (Å²) in [7, 11) is 0. The number of hydrogen-bond donors (Lipinski definition) is 0. The highest BCUT2D eigenvalue weighted by atomic mass is 16.3. The largest absolute Gasteiger partial charge is 0.441 e. The van der Waals surface area contributed by atoms with Crippen LogP contribution in [0.4, 0.5) is 17.1 Å². The lowest BCUT2D eigenvalue weighted by molar-refractivity contribution is 0.590. The summed E-state index contributed by atoms with van der Waals surface area (Å²) in [6.07, 6.45) is 0. The lowest BCUT2D eigenvalue weighted by atomic mass is 9.43. The maximum absolute atomic E-state index is 7.07. The van der Waals surface area contributed by atoms with Crippen LogP contribution in [-0.4, -0.2) is 11.3 Å². The van der Waals surface area contributed by atoms with Gasteiger partial charge in [0.25, 0.3) is 0 Å². The van der Waals surface area contributed by atoms with Crippen LogP contribution in [-0.2, 0) is 10.8 Å². The van der Waals surface area contributed by atoms with Crippen molar-refractivity contribution in [2.24, 2.45) is 0 Å². The summed E-state index contributed by atoms with van der Waals surface area (Å²) in [6.45, 7) is 11.6. The van der Waals surface area contributed by atoms with Crippen LogP contribution >= 0.6 is 0 Å². The van der Waals surface area contributed by atoms with Crippen LogP contribution in [0.25, 0.3) is 77.1 Å². The molecule has 0 atom stereocenters. The Morgan fingerprint density at radius 2 is 1.24 bits per heavy atom. The second-order valence-corrected chi connectivity index (χ2v) is 18.4. The molecule has 2 aliphatic heterocycles. The molecular formula is C55H41BN2O. The summed E-state index contributed by atoms with van der Waals surface area (Å²) < 4.78 is 9.66. The van der Waals surface area contributed by atoms with Gasteiger partial charge in [0.15, 0.2) is 5.71 Å². The molecule has 0 unspecified atom stereocenters. The van der Waals surface area contributed by atoms with Gasteiger partial charge in [-0.3, -0.25) is 0 Å². The first kappa shape index (κ1) is 33.2. The Bertz CT molecular complexity index is 3470. The Hall–Kier alpha value is -6.78. The van der Waals surface area contributed by atoms with Gasteiger partial charge in [-0.2, -0.15) is 0 Å². The summed E-state index contributed by atoms with van der Waals surface area (Å²) in [6, 6.07) is 59.1. The van der Waals surface area contributed by atoms with Crippen molar-refractivity contribution >= 4 is 78.6 Å². The third-order valence-corrected chi connectivity index (χ3v) is 13.9. The molecule has 13 rings (SSSR count). The van der Waals surface area contributed by atoms with Crippen LogP contribution in [0.1, 0.15) is 51.3 Å². The second kappa shape index (κ2) is 11.2. The molecule has 59 heavy (non-hydrogen) atoms. The minimum absolute atomic E-state index is 0.0212. The van der Waals surface area contributed by atoms with E-state index in [-0.39, 0.29) is 17.7 Å². The smallest absolute Gasteiger partial charge is 0.336 e. The molecule has 2 aromatic heterocycles. The molecule has 0 bridgehead atoms. The van der Waals surface area contributed by atoms with E-state index in [1.807, 2.05) is 0 Å². The molecule has 0 N–H and O–H groups in total. The van der Waals surface area contributed by atoms with Crippen molar-refractivity contribution in [1.82, 2.24) is 4.48 Å². The number of rotatable bonds is 2. The predicted molar refractivity (Wildman–Crippen MR) is 249 cm³/mol. The molecule has 0 spiro atoms. The molecule has 8 aromatic carbocycles. The maximum atomic E-state index is 7.07. The highest BCUT2D eigenvalue weighted by Crippen LogP contribution is 2.55. The molecule has 3 nitrogen and oxygen atoms in total. The first-order valence-electron chi connectivity index (χ1n) is 21.0. The van der Waals surface area contributed by atoms with Gasteiger partial charge in [0.05, 0.1) is 11.1 Å². The number of hydrogen-bond acceptors (Lipinski definition) is 2. The molecule has 3 aliphatic rings. The van der Waals surface area contributed by atoms with Crippen LogP contribution < -0.4 is 15.8 Å². The van der Waals surface area contributed by atoms with Crippen molar-refractivity contribution in [3.05, 3.63) is 174 Å². The normalized spacial score (nSPS) is 14.6. The Kier molecular flexibility index (Phi) is 6.33. The molecular weight excluding hydrogens is 715 g/mol. The number of nitrogens with zero attached hydrogens (tertiary/aromatic N) is 2. The predicted octanol–water partition coefficient (Wildman–Crippen LogP) is 13.4. The van der Waals surface area contributed by atoms with Crippen molar-refractivity contribution in [3.8, 4) is 33.4 Å². The van der Waals surface area contributed by atoms with Gasteiger partial charge in [-0.15, -0.1) is 0 Å². The molecule has 0 fully saturated rings. The molecule has 0 radical (unpaired) electrons. The number of para-hydroxylation sites is 2. The molecule has 280 valence electrons. The van der Waals surface area contributed by atoms with E-state index in [1.165, 1.54) is 105 Å². The quantitative estimate of drug-likeness (QED) is 0.164. The van der Waals surface area contributed by atoms with E-state index < -0.39 is 0 Å². The Balaban J connectivity index is 1.26. The van der Waals surface area contributed by atoms with Gasteiger partial charge >= 0.3 is 6.85 Å². The van der Waals surface area contributed by atoms with Gasteiger partial charge in [0, 0.05) is 44.2 Å². The van der Waals surface area contributed by atoms with Crippen molar-refractivity contribution in [2.45, 2.75) is 45.4 Å². The van der Waals surface area contributed by atoms with E-state index in [4.69, 9.17) is 4.42 Å². The Morgan fingerprint density at radius 3 is 2.08 bits per heavy atom. The fourth-order valence-corrected chi connectivity index (χ4v) is 11.2. The van der Waals surface area contributed by atoms with Gasteiger partial charge in [0.1, 0.15) is 5.58 Å². The summed E-state index contributed by atoms with van der Waals surface area (Å²) in [4.78, 5) is 2.62. The van der Waals surface area contributed by atoms with Gasteiger partial charge in [-0.1, -0.05) is 162 Å². The first-order chi connectivity index (χ1) is 28.7. The Labute approximate surface area is 344 Å². The standard InChI is InChI=1S/C55H41BN2O/c1-54(2,3)34-26-28-43(40(31-34)32-16-7-6-8-17-32)57-44-29-27-42-49(36-20-11-13-24-41(36)55(42,4)5)50(44)56-51-45(57)30-33-18-9-10-19-35(33)47(51)38-22-15-23-39-48-37-21-12-14-25-46(37)59-53(48)58(56)52(38)39/h6-31H,1-5H3. The summed E-state index contributed by atoms with van der Waals surface area (Å²) in [5.74, 6) is 0. The lowest BCUT2D eigenvalue weighted by Crippen LogP contribution is -2.57. The number of fused-ring (bicyclic) bond motifs is 15. The topological polar surface area (TPSA) is 21.3 Å². The second-order valence-electron chi connectivity index (χ2n) is 18.4. The summed E-state index contributed by atoms with van der Waals surface area (Å²) in [5, 5.41) is 6.11. The van der Waals surface area contributed by atoms with E-state index in [1.54, 1.807) is 0 Å². The number of benzene rings is 8. The average molecular weight is 757 g/mol. The fraction of sp³-hybridized carbons (Fsp3) is 0.127.